The molecule has 1 N–H and O–H groups in total. The number of rotatable bonds is 5. The molecule has 114 valence electrons. The molecule has 1 aromatic carbocycles. The summed E-state index contributed by atoms with van der Waals surface area (Å²) in [6.45, 7) is 4.49. The molecule has 2 aliphatic rings. The van der Waals surface area contributed by atoms with Gasteiger partial charge in [-0.1, -0.05) is 24.3 Å². The number of carbonyl (C=O) groups is 1. The number of hydrogen-bond acceptors (Lipinski definition) is 3. The second-order valence-corrected chi connectivity index (χ2v) is 6.23. The molecule has 1 aliphatic carbocycles. The van der Waals surface area contributed by atoms with Crippen molar-refractivity contribution in [3.05, 3.63) is 35.4 Å². The summed E-state index contributed by atoms with van der Waals surface area (Å²) in [5.41, 5.74) is 2.20. The van der Waals surface area contributed by atoms with Crippen molar-refractivity contribution in [2.24, 2.45) is 5.92 Å². The van der Waals surface area contributed by atoms with Crippen LogP contribution in [0.15, 0.2) is 24.3 Å². The van der Waals surface area contributed by atoms with Crippen molar-refractivity contribution in [2.45, 2.75) is 32.4 Å². The Kier molecular flexibility index (Phi) is 4.56. The monoisotopic (exact) mass is 288 g/mol. The van der Waals surface area contributed by atoms with Crippen molar-refractivity contribution in [3.8, 4) is 0 Å². The standard InChI is InChI=1S/C17H24N2O2/c20-13-16-4-2-1-3-15(16)12-18-7-9-19(10-8-18)17(21)11-14-5-6-14/h1-4,14,20H,5-13H2. The number of nitrogens with zero attached hydrogens (tertiary/aromatic N) is 2. The fraction of sp³-hybridized carbons (Fsp3) is 0.588. The van der Waals surface area contributed by atoms with Crippen LogP contribution in [-0.4, -0.2) is 47.0 Å². The van der Waals surface area contributed by atoms with E-state index in [2.05, 4.69) is 11.0 Å². The first-order valence-corrected chi connectivity index (χ1v) is 7.94. The fourth-order valence-corrected chi connectivity index (χ4v) is 2.96. The zero-order chi connectivity index (χ0) is 14.7. The van der Waals surface area contributed by atoms with Gasteiger partial charge in [0.05, 0.1) is 6.61 Å². The predicted molar refractivity (Wildman–Crippen MR) is 81.6 cm³/mol. The summed E-state index contributed by atoms with van der Waals surface area (Å²) >= 11 is 0. The summed E-state index contributed by atoms with van der Waals surface area (Å²) in [4.78, 5) is 16.5. The van der Waals surface area contributed by atoms with Gasteiger partial charge in [-0.3, -0.25) is 9.69 Å². The van der Waals surface area contributed by atoms with Crippen molar-refractivity contribution in [3.63, 3.8) is 0 Å². The molecule has 1 aromatic rings. The molecule has 2 fully saturated rings. The van der Waals surface area contributed by atoms with Gasteiger partial charge in [-0.2, -0.15) is 0 Å². The normalized spacial score (nSPS) is 19.8. The van der Waals surface area contributed by atoms with Crippen LogP contribution in [0.5, 0.6) is 0 Å². The molecule has 1 heterocycles. The van der Waals surface area contributed by atoms with Crippen molar-refractivity contribution >= 4 is 5.91 Å². The second-order valence-electron chi connectivity index (χ2n) is 6.23. The second kappa shape index (κ2) is 6.58. The Morgan fingerprint density at radius 2 is 1.76 bits per heavy atom. The SMILES string of the molecule is O=C(CC1CC1)N1CCN(Cc2ccccc2CO)CC1. The average molecular weight is 288 g/mol. The number of piperazine rings is 1. The Labute approximate surface area is 126 Å². The van der Waals surface area contributed by atoms with E-state index in [4.69, 9.17) is 0 Å². The van der Waals surface area contributed by atoms with Gasteiger partial charge in [0.15, 0.2) is 0 Å². The van der Waals surface area contributed by atoms with Crippen LogP contribution in [0.2, 0.25) is 0 Å². The smallest absolute Gasteiger partial charge is 0.222 e. The molecule has 4 heteroatoms. The number of benzene rings is 1. The van der Waals surface area contributed by atoms with E-state index in [0.29, 0.717) is 11.8 Å². The van der Waals surface area contributed by atoms with Gasteiger partial charge >= 0.3 is 0 Å². The van der Waals surface area contributed by atoms with E-state index in [1.54, 1.807) is 0 Å². The van der Waals surface area contributed by atoms with Crippen LogP contribution in [0.1, 0.15) is 30.4 Å². The van der Waals surface area contributed by atoms with Crippen molar-refractivity contribution in [1.82, 2.24) is 9.80 Å². The largest absolute Gasteiger partial charge is 0.392 e. The maximum absolute atomic E-state index is 12.1. The lowest BCUT2D eigenvalue weighted by atomic mass is 10.1. The minimum absolute atomic E-state index is 0.0933. The average Bonchev–Trinajstić information content (AvgIpc) is 3.32. The van der Waals surface area contributed by atoms with Crippen LogP contribution in [-0.2, 0) is 17.9 Å². The number of carbonyl (C=O) groups excluding carboxylic acids is 1. The topological polar surface area (TPSA) is 43.8 Å². The lowest BCUT2D eigenvalue weighted by Crippen LogP contribution is -2.48. The Hall–Kier alpha value is -1.39. The van der Waals surface area contributed by atoms with E-state index in [1.807, 2.05) is 23.1 Å². The molecule has 0 atom stereocenters. The molecule has 1 amide bonds. The maximum atomic E-state index is 12.1. The van der Waals surface area contributed by atoms with E-state index in [9.17, 15) is 9.90 Å². The summed E-state index contributed by atoms with van der Waals surface area (Å²) in [6.07, 6.45) is 3.24. The molecule has 0 bridgehead atoms. The van der Waals surface area contributed by atoms with Crippen LogP contribution in [0.25, 0.3) is 0 Å². The molecule has 0 radical (unpaired) electrons. The third-order valence-corrected chi connectivity index (χ3v) is 4.57. The van der Waals surface area contributed by atoms with Crippen molar-refractivity contribution in [2.75, 3.05) is 26.2 Å². The molecule has 21 heavy (non-hydrogen) atoms. The number of hydrogen-bond donors (Lipinski definition) is 1. The zero-order valence-corrected chi connectivity index (χ0v) is 12.5. The van der Waals surface area contributed by atoms with Gasteiger partial charge in [0.2, 0.25) is 5.91 Å². The molecule has 0 unspecified atom stereocenters. The van der Waals surface area contributed by atoms with E-state index in [-0.39, 0.29) is 6.61 Å². The van der Waals surface area contributed by atoms with Gasteiger partial charge in [-0.15, -0.1) is 0 Å². The van der Waals surface area contributed by atoms with Gasteiger partial charge in [0.1, 0.15) is 0 Å². The number of aliphatic hydroxyl groups excluding tert-OH is 1. The quantitative estimate of drug-likeness (QED) is 0.895. The highest BCUT2D eigenvalue weighted by atomic mass is 16.3. The summed E-state index contributed by atoms with van der Waals surface area (Å²) in [5.74, 6) is 1.01. The Balaban J connectivity index is 1.50. The summed E-state index contributed by atoms with van der Waals surface area (Å²) in [6, 6.07) is 8.04. The van der Waals surface area contributed by atoms with E-state index >= 15 is 0 Å². The Bertz CT molecular complexity index is 491. The van der Waals surface area contributed by atoms with Gasteiger partial charge < -0.3 is 10.0 Å². The predicted octanol–water partition coefficient (Wildman–Crippen LogP) is 1.62. The van der Waals surface area contributed by atoms with Gasteiger partial charge in [0.25, 0.3) is 0 Å². The first kappa shape index (κ1) is 14.5. The molecule has 1 saturated carbocycles. The van der Waals surface area contributed by atoms with Crippen LogP contribution >= 0.6 is 0 Å². The van der Waals surface area contributed by atoms with Crippen molar-refractivity contribution < 1.29 is 9.90 Å². The first-order valence-electron chi connectivity index (χ1n) is 7.94. The third kappa shape index (κ3) is 3.83. The summed E-state index contributed by atoms with van der Waals surface area (Å²) in [7, 11) is 0. The molecule has 0 aromatic heterocycles. The molecule has 3 rings (SSSR count). The highest BCUT2D eigenvalue weighted by Crippen LogP contribution is 2.33. The third-order valence-electron chi connectivity index (χ3n) is 4.57. The molecule has 1 aliphatic heterocycles. The lowest BCUT2D eigenvalue weighted by Gasteiger charge is -2.35. The minimum atomic E-state index is 0.0933. The fourth-order valence-electron chi connectivity index (χ4n) is 2.96. The summed E-state index contributed by atoms with van der Waals surface area (Å²) < 4.78 is 0. The van der Waals surface area contributed by atoms with E-state index in [1.165, 1.54) is 18.4 Å². The summed E-state index contributed by atoms with van der Waals surface area (Å²) in [5, 5.41) is 9.38. The van der Waals surface area contributed by atoms with E-state index in [0.717, 1.165) is 44.7 Å². The number of amides is 1. The highest BCUT2D eigenvalue weighted by molar-refractivity contribution is 5.76. The molecule has 4 nitrogen and oxygen atoms in total. The van der Waals surface area contributed by atoms with Crippen LogP contribution in [0.3, 0.4) is 0 Å². The number of aliphatic hydroxyl groups is 1. The van der Waals surface area contributed by atoms with Gasteiger partial charge in [-0.05, 0) is 29.9 Å². The Morgan fingerprint density at radius 3 is 2.38 bits per heavy atom. The lowest BCUT2D eigenvalue weighted by molar-refractivity contribution is -0.133. The van der Waals surface area contributed by atoms with Crippen LogP contribution in [0, 0.1) is 5.92 Å². The molecular formula is C17H24N2O2. The van der Waals surface area contributed by atoms with Gasteiger partial charge in [-0.25, -0.2) is 0 Å². The highest BCUT2D eigenvalue weighted by Gasteiger charge is 2.28. The van der Waals surface area contributed by atoms with Crippen molar-refractivity contribution in [1.29, 1.82) is 0 Å². The van der Waals surface area contributed by atoms with Crippen LogP contribution < -0.4 is 0 Å². The molecule has 1 saturated heterocycles. The minimum Gasteiger partial charge on any atom is -0.392 e. The van der Waals surface area contributed by atoms with Crippen LogP contribution in [0.4, 0.5) is 0 Å². The maximum Gasteiger partial charge on any atom is 0.222 e. The molecule has 0 spiro atoms. The Morgan fingerprint density at radius 1 is 1.10 bits per heavy atom. The first-order chi connectivity index (χ1) is 10.3. The van der Waals surface area contributed by atoms with Gasteiger partial charge in [0, 0.05) is 39.1 Å². The zero-order valence-electron chi connectivity index (χ0n) is 12.5. The van der Waals surface area contributed by atoms with E-state index < -0.39 is 0 Å². The molecular weight excluding hydrogens is 264 g/mol.